The summed E-state index contributed by atoms with van der Waals surface area (Å²) in [5.74, 6) is -0.466. The number of hydrogen-bond acceptors (Lipinski definition) is 3. The minimum atomic E-state index is -0.466. The van der Waals surface area contributed by atoms with Crippen LogP contribution in [-0.4, -0.2) is 19.0 Å². The molecule has 0 atom stereocenters. The first kappa shape index (κ1) is 20.3. The lowest BCUT2D eigenvalue weighted by atomic mass is 10.1. The highest BCUT2D eigenvalue weighted by Crippen LogP contribution is 2.25. The molecule has 0 aromatic heterocycles. The maximum atomic E-state index is 10.8. The number of nitrogens with two attached hydrogens (primary N) is 2. The lowest BCUT2D eigenvalue weighted by Crippen LogP contribution is -2.26. The maximum Gasteiger partial charge on any atom is 0.241 e. The van der Waals surface area contributed by atoms with Gasteiger partial charge in [0.25, 0.3) is 0 Å². The molecule has 0 heterocycles. The molecule has 4 N–H and O–H groups in total. The van der Waals surface area contributed by atoms with E-state index in [-0.39, 0.29) is 0 Å². The zero-order valence-corrected chi connectivity index (χ0v) is 15.0. The lowest BCUT2D eigenvalue weighted by molar-refractivity contribution is -0.113. The second-order valence-electron chi connectivity index (χ2n) is 5.73. The minimum Gasteiger partial charge on any atom is -0.397 e. The van der Waals surface area contributed by atoms with E-state index in [1.165, 1.54) is 6.08 Å². The molecule has 0 aliphatic carbocycles. The van der Waals surface area contributed by atoms with Crippen molar-refractivity contribution in [3.05, 3.63) is 66.8 Å². The summed E-state index contributed by atoms with van der Waals surface area (Å²) in [4.78, 5) is 13.1. The molecule has 0 fully saturated rings. The number of nitrogens with zero attached hydrogens (tertiary/aromatic N) is 1. The number of unbranched alkanes of at least 4 members (excludes halogenated alkanes) is 1. The molecule has 0 saturated heterocycles. The largest absolute Gasteiger partial charge is 0.397 e. The molecule has 0 unspecified atom stereocenters. The molecule has 0 aliphatic heterocycles. The molecule has 0 bridgehead atoms. The van der Waals surface area contributed by atoms with Gasteiger partial charge in [-0.15, -0.1) is 0 Å². The van der Waals surface area contributed by atoms with Crippen molar-refractivity contribution in [1.29, 1.82) is 0 Å². The van der Waals surface area contributed by atoms with Gasteiger partial charge in [-0.2, -0.15) is 0 Å². The van der Waals surface area contributed by atoms with Crippen molar-refractivity contribution in [3.63, 3.8) is 0 Å². The first-order chi connectivity index (χ1) is 12.1. The fourth-order valence-electron chi connectivity index (χ4n) is 2.48. The normalized spacial score (nSPS) is 11.6. The van der Waals surface area contributed by atoms with E-state index in [2.05, 4.69) is 24.5 Å². The van der Waals surface area contributed by atoms with E-state index >= 15 is 0 Å². The van der Waals surface area contributed by atoms with Gasteiger partial charge in [-0.25, -0.2) is 0 Å². The van der Waals surface area contributed by atoms with E-state index in [9.17, 15) is 4.79 Å². The molecular formula is C21H29N3O. The van der Waals surface area contributed by atoms with Gasteiger partial charge in [0.05, 0.1) is 11.4 Å². The maximum absolute atomic E-state index is 10.8. The standard InChI is InChI=1S/C21H29N3O/c1-3-5-6-7-8-9-10-16-24(15-4-2)20-13-11-18(17-19(20)22)12-14-21(23)25/h3,5-8,11-14,17H,1,4,9-10,15-16,22H2,2H3,(H2,23,25)/b6-5-,8-7+,14-12+. The Bertz CT molecular complexity index is 645. The number of hydrogen-bond donors (Lipinski definition) is 2. The van der Waals surface area contributed by atoms with Crippen LogP contribution < -0.4 is 16.4 Å². The average molecular weight is 339 g/mol. The van der Waals surface area contributed by atoms with Crippen LogP contribution in [0.4, 0.5) is 11.4 Å². The molecular weight excluding hydrogens is 310 g/mol. The van der Waals surface area contributed by atoms with E-state index in [0.717, 1.165) is 43.6 Å². The third-order valence-electron chi connectivity index (χ3n) is 3.62. The number of carbonyl (C=O) groups excluding carboxylic acids is 1. The van der Waals surface area contributed by atoms with Crippen molar-refractivity contribution in [2.45, 2.75) is 26.2 Å². The predicted octanol–water partition coefficient (Wildman–Crippen LogP) is 4.06. The first-order valence-electron chi connectivity index (χ1n) is 8.64. The van der Waals surface area contributed by atoms with Crippen LogP contribution in [0.5, 0.6) is 0 Å². The van der Waals surface area contributed by atoms with Gasteiger partial charge in [0.2, 0.25) is 5.91 Å². The number of carbonyl (C=O) groups is 1. The van der Waals surface area contributed by atoms with Crippen LogP contribution in [0.2, 0.25) is 0 Å². The number of amides is 1. The highest BCUT2D eigenvalue weighted by molar-refractivity contribution is 5.90. The molecule has 4 heteroatoms. The van der Waals surface area contributed by atoms with Gasteiger partial charge in [-0.3, -0.25) is 4.79 Å². The smallest absolute Gasteiger partial charge is 0.241 e. The molecule has 0 radical (unpaired) electrons. The molecule has 4 nitrogen and oxygen atoms in total. The summed E-state index contributed by atoms with van der Waals surface area (Å²) >= 11 is 0. The van der Waals surface area contributed by atoms with E-state index in [1.807, 2.05) is 36.4 Å². The second kappa shape index (κ2) is 11.7. The van der Waals surface area contributed by atoms with Gasteiger partial charge in [-0.1, -0.05) is 49.9 Å². The zero-order valence-electron chi connectivity index (χ0n) is 15.0. The molecule has 1 rings (SSSR count). The van der Waals surface area contributed by atoms with Crippen LogP contribution in [0.25, 0.3) is 6.08 Å². The van der Waals surface area contributed by atoms with Crippen LogP contribution in [0.1, 0.15) is 31.7 Å². The van der Waals surface area contributed by atoms with Crippen molar-refractivity contribution in [1.82, 2.24) is 0 Å². The molecule has 0 spiro atoms. The van der Waals surface area contributed by atoms with Crippen LogP contribution in [0.15, 0.2) is 61.2 Å². The Hall–Kier alpha value is -2.75. The van der Waals surface area contributed by atoms with Gasteiger partial charge in [0, 0.05) is 19.2 Å². The first-order valence-corrected chi connectivity index (χ1v) is 8.64. The van der Waals surface area contributed by atoms with E-state index in [4.69, 9.17) is 11.5 Å². The predicted molar refractivity (Wildman–Crippen MR) is 109 cm³/mol. The monoisotopic (exact) mass is 339 g/mol. The average Bonchev–Trinajstić information content (AvgIpc) is 2.58. The summed E-state index contributed by atoms with van der Waals surface area (Å²) in [5.41, 5.74) is 14.0. The van der Waals surface area contributed by atoms with Gasteiger partial charge in [0.1, 0.15) is 0 Å². The van der Waals surface area contributed by atoms with Gasteiger partial charge >= 0.3 is 0 Å². The third kappa shape index (κ3) is 8.06. The Morgan fingerprint density at radius 1 is 1.24 bits per heavy atom. The Labute approximate surface area is 151 Å². The Morgan fingerprint density at radius 3 is 2.68 bits per heavy atom. The quantitative estimate of drug-likeness (QED) is 0.276. The molecule has 0 aliphatic rings. The second-order valence-corrected chi connectivity index (χ2v) is 5.73. The summed E-state index contributed by atoms with van der Waals surface area (Å²) < 4.78 is 0. The van der Waals surface area contributed by atoms with E-state index in [1.54, 1.807) is 12.2 Å². The highest BCUT2D eigenvalue weighted by Gasteiger charge is 2.09. The third-order valence-corrected chi connectivity index (χ3v) is 3.62. The van der Waals surface area contributed by atoms with Gasteiger partial charge < -0.3 is 16.4 Å². The van der Waals surface area contributed by atoms with Crippen LogP contribution in [-0.2, 0) is 4.79 Å². The molecule has 1 aromatic carbocycles. The molecule has 25 heavy (non-hydrogen) atoms. The number of nitrogen functional groups attached to an aromatic ring is 1. The van der Waals surface area contributed by atoms with Crippen molar-refractivity contribution in [3.8, 4) is 0 Å². The van der Waals surface area contributed by atoms with E-state index in [0.29, 0.717) is 5.69 Å². The van der Waals surface area contributed by atoms with Crippen molar-refractivity contribution >= 4 is 23.4 Å². The summed E-state index contributed by atoms with van der Waals surface area (Å²) in [6, 6.07) is 5.83. The summed E-state index contributed by atoms with van der Waals surface area (Å²) in [6.45, 7) is 7.71. The van der Waals surface area contributed by atoms with Gasteiger partial charge in [-0.05, 0) is 43.0 Å². The van der Waals surface area contributed by atoms with Crippen LogP contribution in [0.3, 0.4) is 0 Å². The molecule has 0 saturated carbocycles. The topological polar surface area (TPSA) is 72.3 Å². The number of anilines is 2. The number of primary amides is 1. The zero-order chi connectivity index (χ0) is 18.5. The number of rotatable bonds is 11. The molecule has 1 amide bonds. The SMILES string of the molecule is C=C/C=C\C=C\CCCN(CCC)c1ccc(/C=C/C(N)=O)cc1N. The Balaban J connectivity index is 2.71. The summed E-state index contributed by atoms with van der Waals surface area (Å²) in [6.07, 6.45) is 16.0. The van der Waals surface area contributed by atoms with Crippen LogP contribution in [0, 0.1) is 0 Å². The van der Waals surface area contributed by atoms with Crippen molar-refractivity contribution in [2.24, 2.45) is 5.73 Å². The Morgan fingerprint density at radius 2 is 2.04 bits per heavy atom. The van der Waals surface area contributed by atoms with Crippen molar-refractivity contribution in [2.75, 3.05) is 23.7 Å². The molecule has 134 valence electrons. The molecule has 1 aromatic rings. The highest BCUT2D eigenvalue weighted by atomic mass is 16.1. The van der Waals surface area contributed by atoms with E-state index < -0.39 is 5.91 Å². The Kier molecular flexibility index (Phi) is 9.53. The fourth-order valence-corrected chi connectivity index (χ4v) is 2.48. The van der Waals surface area contributed by atoms with Crippen LogP contribution >= 0.6 is 0 Å². The lowest BCUT2D eigenvalue weighted by Gasteiger charge is -2.26. The number of benzene rings is 1. The summed E-state index contributed by atoms with van der Waals surface area (Å²) in [5, 5.41) is 0. The van der Waals surface area contributed by atoms with Crippen molar-refractivity contribution < 1.29 is 4.79 Å². The van der Waals surface area contributed by atoms with Gasteiger partial charge in [0.15, 0.2) is 0 Å². The number of allylic oxidation sites excluding steroid dienone is 5. The summed E-state index contributed by atoms with van der Waals surface area (Å²) in [7, 11) is 0. The minimum absolute atomic E-state index is 0.466. The fraction of sp³-hybridized carbons (Fsp3) is 0.286.